The van der Waals surface area contributed by atoms with E-state index in [1.54, 1.807) is 4.90 Å². The van der Waals surface area contributed by atoms with Crippen molar-refractivity contribution in [2.75, 3.05) is 26.2 Å². The minimum Gasteiger partial charge on any atom is -0.698 e. The van der Waals surface area contributed by atoms with Crippen molar-refractivity contribution in [2.24, 2.45) is 0 Å². The molecule has 0 spiro atoms. The highest BCUT2D eigenvalue weighted by molar-refractivity contribution is 7.76. The Morgan fingerprint density at radius 2 is 1.79 bits per heavy atom. The van der Waals surface area contributed by atoms with Crippen LogP contribution >= 0.6 is 0 Å². The molecular weight excluding hydrogens is 198 g/mol. The second-order valence-corrected chi connectivity index (χ2v) is 2.99. The van der Waals surface area contributed by atoms with Crippen LogP contribution in [0, 0.1) is 0 Å². The SMILES string of the molecule is C=CCOC(=O)[S-].CC[NH+](CC)CC. The van der Waals surface area contributed by atoms with E-state index < -0.39 is 5.30 Å². The summed E-state index contributed by atoms with van der Waals surface area (Å²) >= 11 is 4.04. The van der Waals surface area contributed by atoms with Crippen molar-refractivity contribution in [2.45, 2.75) is 20.8 Å². The maximum absolute atomic E-state index is 9.75. The van der Waals surface area contributed by atoms with Gasteiger partial charge in [0, 0.05) is 0 Å². The molecule has 1 N–H and O–H groups in total. The van der Waals surface area contributed by atoms with Crippen LogP contribution in [0.3, 0.4) is 0 Å². The Bertz CT molecular complexity index is 142. The monoisotopic (exact) mass is 219 g/mol. The third-order valence-electron chi connectivity index (χ3n) is 1.82. The molecule has 0 aromatic rings. The van der Waals surface area contributed by atoms with E-state index in [-0.39, 0.29) is 6.61 Å². The molecule has 0 aromatic carbocycles. The van der Waals surface area contributed by atoms with E-state index >= 15 is 0 Å². The number of rotatable bonds is 5. The predicted octanol–water partition coefficient (Wildman–Crippen LogP) is 0.787. The van der Waals surface area contributed by atoms with E-state index in [9.17, 15) is 4.79 Å². The van der Waals surface area contributed by atoms with Crippen LogP contribution < -0.4 is 4.90 Å². The number of ether oxygens (including phenoxy) is 1. The minimum atomic E-state index is -0.681. The summed E-state index contributed by atoms with van der Waals surface area (Å²) in [4.78, 5) is 11.4. The second kappa shape index (κ2) is 12.4. The Balaban J connectivity index is 0. The molecule has 0 saturated carbocycles. The largest absolute Gasteiger partial charge is 0.698 e. The molecule has 0 aliphatic rings. The van der Waals surface area contributed by atoms with Gasteiger partial charge in [-0.05, 0) is 20.8 Å². The Morgan fingerprint density at radius 3 is 1.86 bits per heavy atom. The summed E-state index contributed by atoms with van der Waals surface area (Å²) in [7, 11) is 0. The zero-order valence-corrected chi connectivity index (χ0v) is 10.2. The van der Waals surface area contributed by atoms with Crippen molar-refractivity contribution in [3.05, 3.63) is 12.7 Å². The quantitative estimate of drug-likeness (QED) is 0.421. The number of carbonyl (C=O) groups is 1. The van der Waals surface area contributed by atoms with Crippen LogP contribution in [0.25, 0.3) is 0 Å². The first-order valence-corrected chi connectivity index (χ1v) is 5.31. The molecule has 0 aliphatic carbocycles. The van der Waals surface area contributed by atoms with E-state index in [2.05, 4.69) is 44.7 Å². The van der Waals surface area contributed by atoms with Crippen LogP contribution in [-0.4, -0.2) is 31.5 Å². The van der Waals surface area contributed by atoms with Crippen LogP contribution in [-0.2, 0) is 17.4 Å². The Labute approximate surface area is 92.5 Å². The van der Waals surface area contributed by atoms with Crippen LogP contribution in [0.5, 0.6) is 0 Å². The molecule has 14 heavy (non-hydrogen) atoms. The van der Waals surface area contributed by atoms with Crippen molar-refractivity contribution < 1.29 is 14.4 Å². The standard InChI is InChI=1S/C6H15N.C4H6O2S/c1-4-7(5-2)6-3;1-2-3-6-4(5)7/h4-6H2,1-3H3;2H,1,3H2,(H,5,7). The predicted molar refractivity (Wildman–Crippen MR) is 61.5 cm³/mol. The van der Waals surface area contributed by atoms with Gasteiger partial charge in [-0.1, -0.05) is 12.7 Å². The lowest BCUT2D eigenvalue weighted by atomic mass is 10.5. The first-order valence-electron chi connectivity index (χ1n) is 4.90. The molecule has 0 saturated heterocycles. The van der Waals surface area contributed by atoms with Crippen molar-refractivity contribution in [3.8, 4) is 0 Å². The molecule has 0 aromatic heterocycles. The maximum atomic E-state index is 9.75. The van der Waals surface area contributed by atoms with Gasteiger partial charge in [-0.2, -0.15) is 0 Å². The molecule has 0 amide bonds. The number of carbonyl (C=O) groups excluding carboxylic acids is 1. The summed E-state index contributed by atoms with van der Waals surface area (Å²) in [5.74, 6) is 0. The van der Waals surface area contributed by atoms with Gasteiger partial charge in [0.25, 0.3) is 0 Å². The first kappa shape index (κ1) is 15.8. The summed E-state index contributed by atoms with van der Waals surface area (Å²) in [5.41, 5.74) is 0. The lowest BCUT2D eigenvalue weighted by Gasteiger charge is -2.10. The third-order valence-corrected chi connectivity index (χ3v) is 1.94. The average Bonchev–Trinajstić information content (AvgIpc) is 2.18. The summed E-state index contributed by atoms with van der Waals surface area (Å²) in [6, 6.07) is 0. The lowest BCUT2D eigenvalue weighted by Crippen LogP contribution is -3.11. The number of nitrogens with one attached hydrogen (secondary N) is 1. The van der Waals surface area contributed by atoms with E-state index in [0.717, 1.165) is 0 Å². The molecule has 0 radical (unpaired) electrons. The fraction of sp³-hybridized carbons (Fsp3) is 0.700. The smallest absolute Gasteiger partial charge is 0.184 e. The van der Waals surface area contributed by atoms with Gasteiger partial charge >= 0.3 is 0 Å². The van der Waals surface area contributed by atoms with Crippen LogP contribution in [0.1, 0.15) is 20.8 Å². The van der Waals surface area contributed by atoms with Gasteiger partial charge in [0.15, 0.2) is 5.30 Å². The first-order chi connectivity index (χ1) is 6.62. The van der Waals surface area contributed by atoms with Gasteiger partial charge in [-0.15, -0.1) is 0 Å². The fourth-order valence-corrected chi connectivity index (χ4v) is 0.945. The van der Waals surface area contributed by atoms with Crippen molar-refractivity contribution >= 4 is 17.9 Å². The minimum absolute atomic E-state index is 0.211. The molecular formula is C10H21NO2S. The lowest BCUT2D eigenvalue weighted by molar-refractivity contribution is -0.894. The third kappa shape index (κ3) is 13.9. The van der Waals surface area contributed by atoms with Gasteiger partial charge in [0.05, 0.1) is 19.6 Å². The van der Waals surface area contributed by atoms with E-state index in [0.29, 0.717) is 0 Å². The van der Waals surface area contributed by atoms with Gasteiger partial charge in [0.2, 0.25) is 0 Å². The fourth-order valence-electron chi connectivity index (χ4n) is 0.877. The molecule has 0 aliphatic heterocycles. The molecule has 3 nitrogen and oxygen atoms in total. The van der Waals surface area contributed by atoms with Gasteiger partial charge in [-0.3, -0.25) is 4.79 Å². The molecule has 84 valence electrons. The number of hydrogen-bond donors (Lipinski definition) is 1. The molecule has 0 unspecified atom stereocenters. The number of quaternary nitrogens is 1. The molecule has 0 rings (SSSR count). The Morgan fingerprint density at radius 1 is 1.36 bits per heavy atom. The highest BCUT2D eigenvalue weighted by Gasteiger charge is 1.92. The van der Waals surface area contributed by atoms with Gasteiger partial charge < -0.3 is 22.3 Å². The Hall–Kier alpha value is -0.610. The van der Waals surface area contributed by atoms with Crippen LogP contribution in [0.15, 0.2) is 12.7 Å². The highest BCUT2D eigenvalue weighted by Crippen LogP contribution is 1.75. The van der Waals surface area contributed by atoms with Gasteiger partial charge in [0.1, 0.15) is 6.61 Å². The average molecular weight is 219 g/mol. The van der Waals surface area contributed by atoms with Crippen LogP contribution in [0.2, 0.25) is 0 Å². The second-order valence-electron chi connectivity index (χ2n) is 2.66. The highest BCUT2D eigenvalue weighted by atomic mass is 32.1. The molecule has 0 atom stereocenters. The molecule has 0 bridgehead atoms. The summed E-state index contributed by atoms with van der Waals surface area (Å²) < 4.78 is 4.25. The van der Waals surface area contributed by atoms with Crippen LogP contribution in [0.4, 0.5) is 4.79 Å². The molecule has 4 heteroatoms. The summed E-state index contributed by atoms with van der Waals surface area (Å²) in [5, 5.41) is -0.681. The van der Waals surface area contributed by atoms with Crippen molar-refractivity contribution in [1.29, 1.82) is 0 Å². The molecule has 0 fully saturated rings. The van der Waals surface area contributed by atoms with Crippen molar-refractivity contribution in [3.63, 3.8) is 0 Å². The zero-order chi connectivity index (χ0) is 11.4. The van der Waals surface area contributed by atoms with Gasteiger partial charge in [-0.25, -0.2) is 0 Å². The van der Waals surface area contributed by atoms with Crippen molar-refractivity contribution in [1.82, 2.24) is 0 Å². The van der Waals surface area contributed by atoms with E-state index in [1.165, 1.54) is 25.7 Å². The van der Waals surface area contributed by atoms with E-state index in [1.807, 2.05) is 0 Å². The number of hydrogen-bond acceptors (Lipinski definition) is 3. The topological polar surface area (TPSA) is 30.7 Å². The normalized spacial score (nSPS) is 8.86. The summed E-state index contributed by atoms with van der Waals surface area (Å²) in [6.07, 6.45) is 1.46. The van der Waals surface area contributed by atoms with E-state index in [4.69, 9.17) is 0 Å². The molecule has 0 heterocycles. The summed E-state index contributed by atoms with van der Waals surface area (Å²) in [6.45, 7) is 14.0. The Kier molecular flexibility index (Phi) is 14.0. The maximum Gasteiger partial charge on any atom is 0.184 e. The zero-order valence-electron chi connectivity index (χ0n) is 9.34.